The van der Waals surface area contributed by atoms with Crippen molar-refractivity contribution in [3.8, 4) is 0 Å². The van der Waals surface area contributed by atoms with E-state index in [4.69, 9.17) is 36.3 Å². The predicted molar refractivity (Wildman–Crippen MR) is 120 cm³/mol. The van der Waals surface area contributed by atoms with Gasteiger partial charge in [0.1, 0.15) is 6.10 Å². The van der Waals surface area contributed by atoms with E-state index >= 15 is 0 Å². The molecule has 4 atom stereocenters. The van der Waals surface area contributed by atoms with Gasteiger partial charge in [0.15, 0.2) is 14.6 Å². The average Bonchev–Trinajstić information content (AvgIpc) is 2.60. The second kappa shape index (κ2) is 11.2. The van der Waals surface area contributed by atoms with Crippen molar-refractivity contribution < 1.29 is 28.4 Å². The standard InChI is InChI=1S/C21H39B3O6/c1-15-23-18-24-17(22)26-11-9-20(4,5)29-13-16(30-21(6,7)14-27-18)12-28-19(2,3)8-10-25-15/h15-18H,8-14H2,1-7H3. The normalized spacial score (nSPS) is 36.2. The van der Waals surface area contributed by atoms with Gasteiger partial charge in [-0.15, -0.1) is 0 Å². The first-order chi connectivity index (χ1) is 13.9. The summed E-state index contributed by atoms with van der Waals surface area (Å²) in [6.45, 7) is 16.6. The van der Waals surface area contributed by atoms with Gasteiger partial charge in [0.05, 0.1) is 44.5 Å². The molecular formula is C21H39B3O6. The van der Waals surface area contributed by atoms with Crippen molar-refractivity contribution in [2.45, 2.75) is 102 Å². The highest BCUT2D eigenvalue weighted by Gasteiger charge is 2.32. The molecule has 2 bridgehead atoms. The summed E-state index contributed by atoms with van der Waals surface area (Å²) in [5.41, 5.74) is -1.22. The van der Waals surface area contributed by atoms with Gasteiger partial charge in [0.2, 0.25) is 0 Å². The molecule has 168 valence electrons. The minimum atomic E-state index is -0.541. The lowest BCUT2D eigenvalue weighted by Gasteiger charge is -2.37. The Balaban J connectivity index is 2.26. The SMILES string of the molecule is [B]C1[B]C2[B]C(C)OCCC(C)(C)OCC(COC(C)(C)CCO1)OC(C)(C)CO2. The van der Waals surface area contributed by atoms with Gasteiger partial charge in [-0.1, -0.05) is 0 Å². The summed E-state index contributed by atoms with van der Waals surface area (Å²) in [6, 6.07) is -0.0970. The van der Waals surface area contributed by atoms with Crippen LogP contribution in [0.2, 0.25) is 0 Å². The molecule has 9 heteroatoms. The Morgan fingerprint density at radius 2 is 1.33 bits per heavy atom. The van der Waals surface area contributed by atoms with Crippen LogP contribution in [0.1, 0.15) is 61.3 Å². The van der Waals surface area contributed by atoms with E-state index in [0.717, 1.165) is 6.42 Å². The molecule has 0 aromatic carbocycles. The third kappa shape index (κ3) is 10.1. The van der Waals surface area contributed by atoms with Gasteiger partial charge >= 0.3 is 0 Å². The van der Waals surface area contributed by atoms with Gasteiger partial charge in [-0.05, 0) is 67.2 Å². The lowest BCUT2D eigenvalue weighted by Crippen LogP contribution is -2.48. The van der Waals surface area contributed by atoms with Crippen LogP contribution in [0.5, 0.6) is 0 Å². The molecule has 2 aliphatic rings. The third-order valence-electron chi connectivity index (χ3n) is 5.37. The van der Waals surface area contributed by atoms with Gasteiger partial charge in [-0.25, -0.2) is 0 Å². The minimum Gasteiger partial charge on any atom is -0.396 e. The van der Waals surface area contributed by atoms with Gasteiger partial charge in [-0.2, -0.15) is 0 Å². The summed E-state index contributed by atoms with van der Waals surface area (Å²) in [5.74, 6) is -0.851. The van der Waals surface area contributed by atoms with E-state index in [9.17, 15) is 0 Å². The predicted octanol–water partition coefficient (Wildman–Crippen LogP) is 2.09. The van der Waals surface area contributed by atoms with Gasteiger partial charge in [0.25, 0.3) is 0 Å². The van der Waals surface area contributed by atoms with Crippen molar-refractivity contribution in [2.24, 2.45) is 0 Å². The van der Waals surface area contributed by atoms with Crippen molar-refractivity contribution >= 4 is 22.4 Å². The smallest absolute Gasteiger partial charge is 0.176 e. The molecule has 6 nitrogen and oxygen atoms in total. The first-order valence-electron chi connectivity index (χ1n) is 11.1. The number of fused-ring (bicyclic) bond motifs is 5. The molecule has 0 spiro atoms. The van der Waals surface area contributed by atoms with Crippen molar-refractivity contribution in [2.75, 3.05) is 33.0 Å². The van der Waals surface area contributed by atoms with E-state index in [1.807, 2.05) is 35.3 Å². The molecule has 0 aromatic heterocycles. The highest BCUT2D eigenvalue weighted by Crippen LogP contribution is 2.23. The lowest BCUT2D eigenvalue weighted by atomic mass is 9.44. The molecule has 2 aliphatic heterocycles. The van der Waals surface area contributed by atoms with E-state index < -0.39 is 11.5 Å². The first kappa shape index (κ1) is 26.2. The maximum atomic E-state index is 6.42. The summed E-state index contributed by atoms with van der Waals surface area (Å²) in [4.78, 5) is 0. The zero-order valence-corrected chi connectivity index (χ0v) is 19.9. The van der Waals surface area contributed by atoms with Crippen LogP contribution in [0.4, 0.5) is 0 Å². The topological polar surface area (TPSA) is 55.4 Å². The van der Waals surface area contributed by atoms with E-state index in [0.29, 0.717) is 39.5 Å². The molecule has 2 rings (SSSR count). The summed E-state index contributed by atoms with van der Waals surface area (Å²) in [7, 11) is 10.1. The van der Waals surface area contributed by atoms with Crippen LogP contribution in [-0.4, -0.2) is 96.2 Å². The minimum absolute atomic E-state index is 0.0970. The van der Waals surface area contributed by atoms with Crippen LogP contribution in [0, 0.1) is 0 Å². The van der Waals surface area contributed by atoms with Crippen molar-refractivity contribution in [3.05, 3.63) is 0 Å². The second-order valence-corrected chi connectivity index (χ2v) is 10.2. The van der Waals surface area contributed by atoms with Crippen LogP contribution in [0.25, 0.3) is 0 Å². The Bertz CT molecular complexity index is 483. The van der Waals surface area contributed by atoms with Crippen molar-refractivity contribution in [1.82, 2.24) is 0 Å². The maximum absolute atomic E-state index is 6.42. The Kier molecular flexibility index (Phi) is 9.78. The van der Waals surface area contributed by atoms with Crippen molar-refractivity contribution in [3.63, 3.8) is 0 Å². The second-order valence-electron chi connectivity index (χ2n) is 10.2. The van der Waals surface area contributed by atoms with Crippen LogP contribution in [0.3, 0.4) is 0 Å². The summed E-state index contributed by atoms with van der Waals surface area (Å²) in [5, 5.41) is 0. The fourth-order valence-corrected chi connectivity index (χ4v) is 3.35. The van der Waals surface area contributed by atoms with E-state index in [1.165, 1.54) is 0 Å². The maximum Gasteiger partial charge on any atom is 0.176 e. The van der Waals surface area contributed by atoms with Crippen LogP contribution in [-0.2, 0) is 28.4 Å². The Hall–Kier alpha value is -0.0452. The highest BCUT2D eigenvalue weighted by molar-refractivity contribution is 6.64. The Morgan fingerprint density at radius 1 is 0.767 bits per heavy atom. The van der Waals surface area contributed by atoms with Gasteiger partial charge in [0, 0.05) is 25.1 Å². The molecule has 2 heterocycles. The molecule has 2 fully saturated rings. The molecular weight excluding hydrogens is 381 g/mol. The first-order valence-corrected chi connectivity index (χ1v) is 11.1. The van der Waals surface area contributed by atoms with E-state index in [2.05, 4.69) is 27.7 Å². The monoisotopic (exact) mass is 420 g/mol. The van der Waals surface area contributed by atoms with Gasteiger partial charge in [-0.3, -0.25) is 0 Å². The summed E-state index contributed by atoms with van der Waals surface area (Å²) < 4.78 is 36.8. The molecule has 30 heavy (non-hydrogen) atoms. The number of ether oxygens (including phenoxy) is 6. The molecule has 4 radical (unpaired) electrons. The molecule has 0 aromatic rings. The fraction of sp³-hybridized carbons (Fsp3) is 1.00. The molecule has 0 amide bonds. The molecule has 0 saturated carbocycles. The zero-order chi connectivity index (χ0) is 22.4. The molecule has 4 unspecified atom stereocenters. The van der Waals surface area contributed by atoms with Crippen LogP contribution < -0.4 is 0 Å². The van der Waals surface area contributed by atoms with E-state index in [1.54, 1.807) is 0 Å². The highest BCUT2D eigenvalue weighted by atomic mass is 16.6. The largest absolute Gasteiger partial charge is 0.396 e. The number of hydrogen-bond donors (Lipinski definition) is 0. The van der Waals surface area contributed by atoms with Crippen LogP contribution in [0.15, 0.2) is 0 Å². The zero-order valence-electron chi connectivity index (χ0n) is 19.9. The lowest BCUT2D eigenvalue weighted by molar-refractivity contribution is -0.183. The molecule has 0 aliphatic carbocycles. The van der Waals surface area contributed by atoms with Crippen LogP contribution >= 0.6 is 0 Å². The summed E-state index contributed by atoms with van der Waals surface area (Å²) in [6.07, 6.45) is 1.26. The van der Waals surface area contributed by atoms with Gasteiger partial charge < -0.3 is 28.4 Å². The summed E-state index contributed by atoms with van der Waals surface area (Å²) >= 11 is 0. The number of hydrogen-bond acceptors (Lipinski definition) is 6. The fourth-order valence-electron chi connectivity index (χ4n) is 3.35. The quantitative estimate of drug-likeness (QED) is 0.560. The average molecular weight is 420 g/mol. The van der Waals surface area contributed by atoms with Crippen molar-refractivity contribution in [1.29, 1.82) is 0 Å². The molecule has 0 N–H and O–H groups in total. The number of rotatable bonds is 0. The van der Waals surface area contributed by atoms with E-state index in [-0.39, 0.29) is 29.2 Å². The molecule has 2 saturated heterocycles. The Labute approximate surface area is 186 Å². The third-order valence-corrected chi connectivity index (χ3v) is 5.37. The Morgan fingerprint density at radius 3 is 1.93 bits per heavy atom.